The standard InChI is InChI=1S/C15H13Cl2FO/c1-8-5-12(13(17)6-9(8)2)15(19)11-4-3-10(16)7-14(11)18/h3-7,15,19H,1-2H3. The van der Waals surface area contributed by atoms with Crippen LogP contribution < -0.4 is 0 Å². The molecule has 1 nitrogen and oxygen atoms in total. The van der Waals surface area contributed by atoms with Crippen molar-refractivity contribution in [3.8, 4) is 0 Å². The molecule has 19 heavy (non-hydrogen) atoms. The molecule has 0 heterocycles. The van der Waals surface area contributed by atoms with E-state index in [9.17, 15) is 9.50 Å². The molecule has 0 aromatic heterocycles. The molecule has 1 atom stereocenters. The lowest BCUT2D eigenvalue weighted by Gasteiger charge is -2.16. The van der Waals surface area contributed by atoms with Gasteiger partial charge >= 0.3 is 0 Å². The Morgan fingerprint density at radius 3 is 2.26 bits per heavy atom. The Morgan fingerprint density at radius 2 is 1.63 bits per heavy atom. The normalized spacial score (nSPS) is 12.5. The highest BCUT2D eigenvalue weighted by Crippen LogP contribution is 2.32. The third-order valence-electron chi connectivity index (χ3n) is 3.16. The SMILES string of the molecule is Cc1cc(Cl)c(C(O)c2ccc(Cl)cc2F)cc1C. The fourth-order valence-corrected chi connectivity index (χ4v) is 2.38. The molecule has 0 amide bonds. The lowest BCUT2D eigenvalue weighted by atomic mass is 9.97. The number of hydrogen-bond acceptors (Lipinski definition) is 1. The molecule has 100 valence electrons. The van der Waals surface area contributed by atoms with E-state index in [4.69, 9.17) is 23.2 Å². The number of rotatable bonds is 2. The second-order valence-corrected chi connectivity index (χ2v) is 5.37. The van der Waals surface area contributed by atoms with Crippen molar-refractivity contribution in [3.63, 3.8) is 0 Å². The van der Waals surface area contributed by atoms with Crippen LogP contribution in [0.2, 0.25) is 10.0 Å². The number of aliphatic hydroxyl groups is 1. The quantitative estimate of drug-likeness (QED) is 0.842. The zero-order valence-electron chi connectivity index (χ0n) is 10.5. The summed E-state index contributed by atoms with van der Waals surface area (Å²) in [6.07, 6.45) is -1.11. The van der Waals surface area contributed by atoms with Crippen LogP contribution in [-0.2, 0) is 0 Å². The van der Waals surface area contributed by atoms with Crippen molar-refractivity contribution < 1.29 is 9.50 Å². The van der Waals surface area contributed by atoms with Gasteiger partial charge in [0.15, 0.2) is 0 Å². The van der Waals surface area contributed by atoms with Crippen LogP contribution in [0.5, 0.6) is 0 Å². The number of hydrogen-bond donors (Lipinski definition) is 1. The van der Waals surface area contributed by atoms with E-state index in [1.54, 1.807) is 12.1 Å². The summed E-state index contributed by atoms with van der Waals surface area (Å²) >= 11 is 11.8. The highest BCUT2D eigenvalue weighted by molar-refractivity contribution is 6.31. The first kappa shape index (κ1) is 14.3. The molecule has 1 unspecified atom stereocenters. The van der Waals surface area contributed by atoms with Crippen LogP contribution in [0.1, 0.15) is 28.4 Å². The predicted molar refractivity (Wildman–Crippen MR) is 76.4 cm³/mol. The summed E-state index contributed by atoms with van der Waals surface area (Å²) < 4.78 is 13.8. The first-order valence-corrected chi connectivity index (χ1v) is 6.55. The summed E-state index contributed by atoms with van der Waals surface area (Å²) in [5, 5.41) is 11.0. The van der Waals surface area contributed by atoms with Gasteiger partial charge in [0.05, 0.1) is 0 Å². The maximum Gasteiger partial charge on any atom is 0.130 e. The minimum absolute atomic E-state index is 0.162. The van der Waals surface area contributed by atoms with E-state index in [-0.39, 0.29) is 5.56 Å². The summed E-state index contributed by atoms with van der Waals surface area (Å²) in [5.74, 6) is -0.547. The van der Waals surface area contributed by atoms with Crippen LogP contribution in [-0.4, -0.2) is 5.11 Å². The Morgan fingerprint density at radius 1 is 1.00 bits per heavy atom. The molecule has 0 bridgehead atoms. The van der Waals surface area contributed by atoms with E-state index >= 15 is 0 Å². The second-order valence-electron chi connectivity index (χ2n) is 4.53. The summed E-state index contributed by atoms with van der Waals surface area (Å²) in [4.78, 5) is 0. The molecule has 2 aromatic rings. The summed E-state index contributed by atoms with van der Waals surface area (Å²) in [5.41, 5.74) is 2.67. The third kappa shape index (κ3) is 2.92. The lowest BCUT2D eigenvalue weighted by molar-refractivity contribution is 0.215. The Hall–Kier alpha value is -1.09. The molecule has 0 aliphatic carbocycles. The third-order valence-corrected chi connectivity index (χ3v) is 3.73. The van der Waals surface area contributed by atoms with Crippen LogP contribution in [0.4, 0.5) is 4.39 Å². The number of aliphatic hydroxyl groups excluding tert-OH is 1. The molecule has 0 spiro atoms. The van der Waals surface area contributed by atoms with Crippen molar-refractivity contribution in [2.75, 3.05) is 0 Å². The summed E-state index contributed by atoms with van der Waals surface area (Å²) in [6, 6.07) is 7.72. The fraction of sp³-hybridized carbons (Fsp3) is 0.200. The van der Waals surface area contributed by atoms with Gasteiger partial charge < -0.3 is 5.11 Å². The maximum atomic E-state index is 13.8. The van der Waals surface area contributed by atoms with Gasteiger partial charge in [0.2, 0.25) is 0 Å². The molecule has 0 aliphatic heterocycles. The van der Waals surface area contributed by atoms with Gasteiger partial charge in [-0.25, -0.2) is 4.39 Å². The van der Waals surface area contributed by atoms with Crippen molar-refractivity contribution >= 4 is 23.2 Å². The van der Waals surface area contributed by atoms with Crippen molar-refractivity contribution in [3.05, 3.63) is 68.4 Å². The van der Waals surface area contributed by atoms with E-state index in [0.29, 0.717) is 15.6 Å². The summed E-state index contributed by atoms with van der Waals surface area (Å²) in [7, 11) is 0. The molecule has 0 fully saturated rings. The molecule has 0 aliphatic rings. The molecule has 2 aromatic carbocycles. The van der Waals surface area contributed by atoms with Crippen molar-refractivity contribution in [1.82, 2.24) is 0 Å². The van der Waals surface area contributed by atoms with Gasteiger partial charge in [-0.1, -0.05) is 35.3 Å². The van der Waals surface area contributed by atoms with E-state index in [2.05, 4.69) is 0 Å². The molecule has 0 saturated carbocycles. The van der Waals surface area contributed by atoms with Gasteiger partial charge in [-0.2, -0.15) is 0 Å². The largest absolute Gasteiger partial charge is 0.383 e. The second kappa shape index (κ2) is 5.49. The number of halogens is 3. The average molecular weight is 299 g/mol. The minimum Gasteiger partial charge on any atom is -0.383 e. The lowest BCUT2D eigenvalue weighted by Crippen LogP contribution is -2.04. The Labute approximate surface area is 121 Å². The van der Waals surface area contributed by atoms with Gasteiger partial charge in [-0.05, 0) is 43.2 Å². The Kier molecular flexibility index (Phi) is 4.14. The van der Waals surface area contributed by atoms with Gasteiger partial charge in [-0.3, -0.25) is 0 Å². The molecule has 4 heteroatoms. The van der Waals surface area contributed by atoms with Gasteiger partial charge in [0.1, 0.15) is 11.9 Å². The molecular formula is C15H13Cl2FO. The molecule has 1 N–H and O–H groups in total. The Balaban J connectivity index is 2.49. The van der Waals surface area contributed by atoms with E-state index < -0.39 is 11.9 Å². The van der Waals surface area contributed by atoms with Crippen LogP contribution >= 0.6 is 23.2 Å². The van der Waals surface area contributed by atoms with E-state index in [1.807, 2.05) is 13.8 Å². The van der Waals surface area contributed by atoms with Crippen LogP contribution in [0.15, 0.2) is 30.3 Å². The minimum atomic E-state index is -1.11. The van der Waals surface area contributed by atoms with Crippen molar-refractivity contribution in [2.24, 2.45) is 0 Å². The first-order valence-electron chi connectivity index (χ1n) is 5.80. The van der Waals surface area contributed by atoms with Crippen LogP contribution in [0.3, 0.4) is 0 Å². The maximum absolute atomic E-state index is 13.8. The first-order chi connectivity index (χ1) is 8.90. The highest BCUT2D eigenvalue weighted by atomic mass is 35.5. The monoisotopic (exact) mass is 298 g/mol. The fourth-order valence-electron chi connectivity index (χ4n) is 1.90. The van der Waals surface area contributed by atoms with E-state index in [1.165, 1.54) is 18.2 Å². The summed E-state index contributed by atoms with van der Waals surface area (Å²) in [6.45, 7) is 3.85. The van der Waals surface area contributed by atoms with Crippen LogP contribution in [0, 0.1) is 19.7 Å². The topological polar surface area (TPSA) is 20.2 Å². The van der Waals surface area contributed by atoms with Crippen molar-refractivity contribution in [1.29, 1.82) is 0 Å². The zero-order chi connectivity index (χ0) is 14.2. The number of benzene rings is 2. The molecule has 2 rings (SSSR count). The molecular weight excluding hydrogens is 286 g/mol. The van der Waals surface area contributed by atoms with Gasteiger partial charge in [-0.15, -0.1) is 0 Å². The Bertz CT molecular complexity index is 626. The van der Waals surface area contributed by atoms with Crippen molar-refractivity contribution in [2.45, 2.75) is 20.0 Å². The van der Waals surface area contributed by atoms with E-state index in [0.717, 1.165) is 11.1 Å². The number of aryl methyl sites for hydroxylation is 2. The van der Waals surface area contributed by atoms with Gasteiger partial charge in [0, 0.05) is 21.2 Å². The highest BCUT2D eigenvalue weighted by Gasteiger charge is 2.18. The molecule has 0 saturated heterocycles. The average Bonchev–Trinajstić information content (AvgIpc) is 2.33. The zero-order valence-corrected chi connectivity index (χ0v) is 12.1. The van der Waals surface area contributed by atoms with Crippen LogP contribution in [0.25, 0.3) is 0 Å². The molecule has 0 radical (unpaired) electrons. The smallest absolute Gasteiger partial charge is 0.130 e. The predicted octanol–water partition coefficient (Wildman–Crippen LogP) is 4.83. The van der Waals surface area contributed by atoms with Gasteiger partial charge in [0.25, 0.3) is 0 Å².